The lowest BCUT2D eigenvalue weighted by atomic mass is 10.2. The van der Waals surface area contributed by atoms with Crippen LogP contribution >= 0.6 is 0 Å². The summed E-state index contributed by atoms with van der Waals surface area (Å²) in [5, 5.41) is 7.26. The summed E-state index contributed by atoms with van der Waals surface area (Å²) in [5.74, 6) is -1.07. The monoisotopic (exact) mass is 223 g/mol. The van der Waals surface area contributed by atoms with Crippen LogP contribution in [-0.2, 0) is 7.05 Å². The van der Waals surface area contributed by atoms with E-state index in [0.717, 1.165) is 18.2 Å². The summed E-state index contributed by atoms with van der Waals surface area (Å²) in [6, 6.07) is 3.02. The zero-order valence-corrected chi connectivity index (χ0v) is 8.32. The zero-order valence-electron chi connectivity index (χ0n) is 8.32. The molecule has 0 aliphatic rings. The number of nitrogens with zero attached hydrogens (tertiary/aromatic N) is 3. The Balaban J connectivity index is 2.58. The van der Waals surface area contributed by atoms with Gasteiger partial charge in [0.1, 0.15) is 11.6 Å². The third-order valence-corrected chi connectivity index (χ3v) is 2.13. The maximum Gasteiger partial charge on any atom is 0.196 e. The number of hydrogen-bond donors (Lipinski definition) is 0. The third-order valence-electron chi connectivity index (χ3n) is 2.13. The van der Waals surface area contributed by atoms with Gasteiger partial charge in [0.15, 0.2) is 17.9 Å². The molecule has 1 heterocycles. The molecule has 0 amide bonds. The molecule has 0 radical (unpaired) electrons. The van der Waals surface area contributed by atoms with Gasteiger partial charge in [0.05, 0.1) is 0 Å². The van der Waals surface area contributed by atoms with Crippen LogP contribution in [0.2, 0.25) is 0 Å². The summed E-state index contributed by atoms with van der Waals surface area (Å²) in [6.07, 6.45) is 0.520. The molecular weight excluding hydrogens is 216 g/mol. The van der Waals surface area contributed by atoms with Crippen molar-refractivity contribution in [3.05, 3.63) is 35.7 Å². The van der Waals surface area contributed by atoms with E-state index in [1.54, 1.807) is 7.05 Å². The molecule has 0 bridgehead atoms. The minimum absolute atomic E-state index is 0.0969. The lowest BCUT2D eigenvalue weighted by Crippen LogP contribution is -1.98. The molecule has 6 heteroatoms. The number of aldehydes is 1. The fraction of sp³-hybridized carbons (Fsp3) is 0.100. The molecule has 0 fully saturated rings. The Kier molecular flexibility index (Phi) is 2.47. The first-order chi connectivity index (χ1) is 7.61. The number of halogens is 2. The largest absolute Gasteiger partial charge is 0.308 e. The molecule has 1 aromatic heterocycles. The molecule has 82 valence electrons. The Hall–Kier alpha value is -2.11. The molecular formula is C10H7F2N3O. The molecule has 0 saturated heterocycles. The minimum atomic E-state index is -0.703. The molecule has 0 aliphatic carbocycles. The molecule has 0 saturated carbocycles. The molecule has 0 aliphatic heterocycles. The van der Waals surface area contributed by atoms with Gasteiger partial charge in [0.2, 0.25) is 0 Å². The van der Waals surface area contributed by atoms with Gasteiger partial charge in [-0.15, -0.1) is 10.2 Å². The predicted molar refractivity (Wildman–Crippen MR) is 51.7 cm³/mol. The second kappa shape index (κ2) is 3.80. The number of carbonyl (C=O) groups excluding carboxylic acids is 1. The Bertz CT molecular complexity index is 531. The molecule has 2 aromatic rings. The van der Waals surface area contributed by atoms with Gasteiger partial charge in [-0.2, -0.15) is 0 Å². The predicted octanol–water partition coefficient (Wildman–Crippen LogP) is 1.57. The first-order valence-corrected chi connectivity index (χ1v) is 4.43. The fourth-order valence-corrected chi connectivity index (χ4v) is 1.38. The van der Waals surface area contributed by atoms with E-state index < -0.39 is 11.6 Å². The van der Waals surface area contributed by atoms with Crippen LogP contribution in [0, 0.1) is 11.6 Å². The average molecular weight is 223 g/mol. The second-order valence-electron chi connectivity index (χ2n) is 3.22. The molecule has 0 N–H and O–H groups in total. The zero-order chi connectivity index (χ0) is 11.7. The molecule has 0 atom stereocenters. The highest BCUT2D eigenvalue weighted by atomic mass is 19.1. The Morgan fingerprint density at radius 1 is 1.19 bits per heavy atom. The highest BCUT2D eigenvalue weighted by molar-refractivity contribution is 5.71. The van der Waals surface area contributed by atoms with Crippen molar-refractivity contribution in [3.63, 3.8) is 0 Å². The van der Waals surface area contributed by atoms with Crippen molar-refractivity contribution in [1.82, 2.24) is 14.8 Å². The van der Waals surface area contributed by atoms with Crippen molar-refractivity contribution < 1.29 is 13.6 Å². The normalized spacial score (nSPS) is 10.4. The Morgan fingerprint density at radius 3 is 2.31 bits per heavy atom. The van der Waals surface area contributed by atoms with Crippen molar-refractivity contribution >= 4 is 6.29 Å². The van der Waals surface area contributed by atoms with Gasteiger partial charge in [-0.1, -0.05) is 0 Å². The third kappa shape index (κ3) is 1.69. The molecule has 1 aromatic carbocycles. The first-order valence-electron chi connectivity index (χ1n) is 4.43. The standard InChI is InChI=1S/C10H7F2N3O/c1-15-9(5-16)13-14-10(15)6-2-7(11)4-8(12)3-6/h2-5H,1H3. The highest BCUT2D eigenvalue weighted by Gasteiger charge is 2.11. The van der Waals surface area contributed by atoms with Gasteiger partial charge in [-0.25, -0.2) is 8.78 Å². The van der Waals surface area contributed by atoms with Gasteiger partial charge >= 0.3 is 0 Å². The Labute approximate surface area is 89.5 Å². The van der Waals surface area contributed by atoms with Gasteiger partial charge in [-0.3, -0.25) is 4.79 Å². The number of benzene rings is 1. The van der Waals surface area contributed by atoms with Crippen LogP contribution in [-0.4, -0.2) is 21.1 Å². The van der Waals surface area contributed by atoms with Crippen molar-refractivity contribution in [2.45, 2.75) is 0 Å². The fourth-order valence-electron chi connectivity index (χ4n) is 1.38. The van der Waals surface area contributed by atoms with Crippen LogP contribution in [0.25, 0.3) is 11.4 Å². The van der Waals surface area contributed by atoms with E-state index in [4.69, 9.17) is 0 Å². The molecule has 4 nitrogen and oxygen atoms in total. The van der Waals surface area contributed by atoms with Gasteiger partial charge < -0.3 is 4.57 Å². The van der Waals surface area contributed by atoms with E-state index in [0.29, 0.717) is 6.29 Å². The van der Waals surface area contributed by atoms with Gasteiger partial charge in [0.25, 0.3) is 0 Å². The smallest absolute Gasteiger partial charge is 0.196 e. The SMILES string of the molecule is Cn1c(C=O)nnc1-c1cc(F)cc(F)c1. The van der Waals surface area contributed by atoms with E-state index in [-0.39, 0.29) is 17.2 Å². The highest BCUT2D eigenvalue weighted by Crippen LogP contribution is 2.19. The minimum Gasteiger partial charge on any atom is -0.308 e. The number of hydrogen-bond acceptors (Lipinski definition) is 3. The van der Waals surface area contributed by atoms with Crippen LogP contribution < -0.4 is 0 Å². The topological polar surface area (TPSA) is 47.8 Å². The maximum absolute atomic E-state index is 13.0. The molecule has 2 rings (SSSR count). The van der Waals surface area contributed by atoms with Crippen LogP contribution in [0.3, 0.4) is 0 Å². The molecule has 0 spiro atoms. The number of carbonyl (C=O) groups is 1. The van der Waals surface area contributed by atoms with Crippen LogP contribution in [0.4, 0.5) is 8.78 Å². The summed E-state index contributed by atoms with van der Waals surface area (Å²) in [7, 11) is 1.54. The van der Waals surface area contributed by atoms with E-state index >= 15 is 0 Å². The summed E-state index contributed by atoms with van der Waals surface area (Å²) < 4.78 is 27.3. The summed E-state index contributed by atoms with van der Waals surface area (Å²) in [6.45, 7) is 0. The summed E-state index contributed by atoms with van der Waals surface area (Å²) in [4.78, 5) is 10.5. The van der Waals surface area contributed by atoms with Gasteiger partial charge in [0, 0.05) is 18.7 Å². The van der Waals surface area contributed by atoms with E-state index in [1.807, 2.05) is 0 Å². The summed E-state index contributed by atoms with van der Waals surface area (Å²) in [5.41, 5.74) is 0.237. The van der Waals surface area contributed by atoms with Crippen molar-refractivity contribution in [2.24, 2.45) is 7.05 Å². The van der Waals surface area contributed by atoms with Crippen molar-refractivity contribution in [1.29, 1.82) is 0 Å². The first kappa shape index (κ1) is 10.4. The van der Waals surface area contributed by atoms with E-state index in [2.05, 4.69) is 10.2 Å². The van der Waals surface area contributed by atoms with Crippen molar-refractivity contribution in [3.8, 4) is 11.4 Å². The van der Waals surface area contributed by atoms with Gasteiger partial charge in [-0.05, 0) is 12.1 Å². The van der Waals surface area contributed by atoms with Crippen LogP contribution in [0.1, 0.15) is 10.6 Å². The number of rotatable bonds is 2. The van der Waals surface area contributed by atoms with Crippen LogP contribution in [0.15, 0.2) is 18.2 Å². The Morgan fingerprint density at radius 2 is 1.81 bits per heavy atom. The lowest BCUT2D eigenvalue weighted by Gasteiger charge is -2.01. The number of aromatic nitrogens is 3. The second-order valence-corrected chi connectivity index (χ2v) is 3.22. The van der Waals surface area contributed by atoms with E-state index in [1.165, 1.54) is 4.57 Å². The quantitative estimate of drug-likeness (QED) is 0.726. The molecule has 16 heavy (non-hydrogen) atoms. The molecule has 0 unspecified atom stereocenters. The van der Waals surface area contributed by atoms with E-state index in [9.17, 15) is 13.6 Å². The maximum atomic E-state index is 13.0. The average Bonchev–Trinajstić information content (AvgIpc) is 2.58. The van der Waals surface area contributed by atoms with Crippen molar-refractivity contribution in [2.75, 3.05) is 0 Å². The van der Waals surface area contributed by atoms with Crippen LogP contribution in [0.5, 0.6) is 0 Å². The lowest BCUT2D eigenvalue weighted by molar-refractivity contribution is 0.111. The summed E-state index contributed by atoms with van der Waals surface area (Å²) >= 11 is 0.